The monoisotopic (exact) mass is 375 g/mol. The zero-order valence-corrected chi connectivity index (χ0v) is 14.2. The number of halogens is 3. The number of hydrogen-bond donors (Lipinski definition) is 1. The smallest absolute Gasteiger partial charge is 0.210 e. The van der Waals surface area contributed by atoms with E-state index in [9.17, 15) is 21.6 Å². The summed E-state index contributed by atoms with van der Waals surface area (Å²) in [5, 5.41) is 0. The number of alkyl halides is 3. The Bertz CT molecular complexity index is 745. The molecule has 0 fully saturated rings. The summed E-state index contributed by atoms with van der Waals surface area (Å²) in [5.41, 5.74) is 0.271. The fourth-order valence-electron chi connectivity index (χ4n) is 1.92. The summed E-state index contributed by atoms with van der Waals surface area (Å²) in [5.74, 6) is 1.33. The number of rotatable bonds is 7. The summed E-state index contributed by atoms with van der Waals surface area (Å²) < 4.78 is 63.9. The Kier molecular flexibility index (Phi) is 6.31. The van der Waals surface area contributed by atoms with E-state index in [4.69, 9.17) is 0 Å². The molecule has 0 spiro atoms. The van der Waals surface area contributed by atoms with Crippen molar-refractivity contribution in [3.8, 4) is 0 Å². The van der Waals surface area contributed by atoms with Crippen molar-refractivity contribution < 1.29 is 21.6 Å². The van der Waals surface area contributed by atoms with Crippen LogP contribution in [0.4, 0.5) is 13.2 Å². The topological polar surface area (TPSA) is 46.2 Å². The molecule has 0 radical (unpaired) electrons. The molecular formula is C16H16F3NO2S2. The van der Waals surface area contributed by atoms with Crippen molar-refractivity contribution in [1.82, 2.24) is 4.72 Å². The maximum Gasteiger partial charge on any atom is 0.416 e. The third kappa shape index (κ3) is 5.54. The van der Waals surface area contributed by atoms with Crippen LogP contribution in [0.25, 0.3) is 0 Å². The largest absolute Gasteiger partial charge is 0.416 e. The van der Waals surface area contributed by atoms with E-state index in [-0.39, 0.29) is 11.4 Å². The van der Waals surface area contributed by atoms with Gasteiger partial charge in [0.05, 0.1) is 10.5 Å². The molecule has 8 heteroatoms. The molecule has 3 nitrogen and oxygen atoms in total. The van der Waals surface area contributed by atoms with Crippen LogP contribution < -0.4 is 4.72 Å². The average Bonchev–Trinajstić information content (AvgIpc) is 2.55. The first-order valence-electron chi connectivity index (χ1n) is 7.08. The van der Waals surface area contributed by atoms with Gasteiger partial charge in [-0.25, -0.2) is 13.1 Å². The lowest BCUT2D eigenvalue weighted by Crippen LogP contribution is -2.26. The van der Waals surface area contributed by atoms with Crippen molar-refractivity contribution in [2.24, 2.45) is 0 Å². The maximum absolute atomic E-state index is 12.5. The van der Waals surface area contributed by atoms with Gasteiger partial charge < -0.3 is 0 Å². The zero-order valence-electron chi connectivity index (χ0n) is 12.6. The van der Waals surface area contributed by atoms with Crippen LogP contribution in [-0.4, -0.2) is 20.7 Å². The van der Waals surface area contributed by atoms with Crippen molar-refractivity contribution in [3.63, 3.8) is 0 Å². The van der Waals surface area contributed by atoms with E-state index < -0.39 is 21.8 Å². The van der Waals surface area contributed by atoms with E-state index in [2.05, 4.69) is 4.72 Å². The fourth-order valence-corrected chi connectivity index (χ4v) is 3.90. The summed E-state index contributed by atoms with van der Waals surface area (Å²) in [6.45, 7) is 0.209. The van der Waals surface area contributed by atoms with Crippen LogP contribution in [-0.2, 0) is 22.0 Å². The molecule has 0 unspecified atom stereocenters. The molecule has 24 heavy (non-hydrogen) atoms. The summed E-state index contributed by atoms with van der Waals surface area (Å²) >= 11 is 1.57. The maximum atomic E-state index is 12.5. The van der Waals surface area contributed by atoms with E-state index >= 15 is 0 Å². The Morgan fingerprint density at radius 2 is 1.58 bits per heavy atom. The van der Waals surface area contributed by atoms with Gasteiger partial charge in [-0.2, -0.15) is 24.9 Å². The molecule has 0 atom stereocenters. The molecular weight excluding hydrogens is 359 g/mol. The van der Waals surface area contributed by atoms with Crippen molar-refractivity contribution >= 4 is 21.8 Å². The second-order valence-corrected chi connectivity index (χ2v) is 7.83. The highest BCUT2D eigenvalue weighted by atomic mass is 32.2. The van der Waals surface area contributed by atoms with Gasteiger partial charge >= 0.3 is 6.18 Å². The SMILES string of the molecule is O=S(=O)(NCCSCc1ccccc1)c1ccc(C(F)(F)F)cc1. The number of sulfonamides is 1. The lowest BCUT2D eigenvalue weighted by molar-refractivity contribution is -0.137. The minimum absolute atomic E-state index is 0.177. The van der Waals surface area contributed by atoms with Crippen LogP contribution in [0.2, 0.25) is 0 Å². The Labute approximate surface area is 143 Å². The first kappa shape index (κ1) is 18.8. The Balaban J connectivity index is 1.83. The van der Waals surface area contributed by atoms with Crippen molar-refractivity contribution in [1.29, 1.82) is 0 Å². The van der Waals surface area contributed by atoms with E-state index in [1.54, 1.807) is 11.8 Å². The highest BCUT2D eigenvalue weighted by Crippen LogP contribution is 2.29. The summed E-state index contributed by atoms with van der Waals surface area (Å²) in [6, 6.07) is 13.2. The van der Waals surface area contributed by atoms with Crippen LogP contribution in [0.5, 0.6) is 0 Å². The van der Waals surface area contributed by atoms with Gasteiger partial charge in [-0.1, -0.05) is 30.3 Å². The summed E-state index contributed by atoms with van der Waals surface area (Å²) in [4.78, 5) is -0.177. The fraction of sp³-hybridized carbons (Fsp3) is 0.250. The van der Waals surface area contributed by atoms with E-state index in [0.29, 0.717) is 5.75 Å². The molecule has 1 N–H and O–H groups in total. The number of thioether (sulfide) groups is 1. The Morgan fingerprint density at radius 1 is 0.958 bits per heavy atom. The molecule has 0 bridgehead atoms. The number of nitrogens with one attached hydrogen (secondary N) is 1. The molecule has 0 aliphatic rings. The van der Waals surface area contributed by atoms with Gasteiger partial charge in [-0.15, -0.1) is 0 Å². The van der Waals surface area contributed by atoms with Gasteiger partial charge in [0.25, 0.3) is 0 Å². The van der Waals surface area contributed by atoms with Gasteiger partial charge in [0, 0.05) is 18.1 Å². The van der Waals surface area contributed by atoms with Gasteiger partial charge in [0.2, 0.25) is 10.0 Å². The van der Waals surface area contributed by atoms with Crippen molar-refractivity contribution in [2.75, 3.05) is 12.3 Å². The van der Waals surface area contributed by atoms with Crippen LogP contribution in [0.1, 0.15) is 11.1 Å². The van der Waals surface area contributed by atoms with Crippen molar-refractivity contribution in [3.05, 3.63) is 65.7 Å². The Morgan fingerprint density at radius 3 is 2.17 bits per heavy atom. The van der Waals surface area contributed by atoms with Gasteiger partial charge in [0.1, 0.15) is 0 Å². The normalized spacial score (nSPS) is 12.3. The second-order valence-electron chi connectivity index (χ2n) is 4.96. The number of benzene rings is 2. The van der Waals surface area contributed by atoms with Crippen LogP contribution in [0.15, 0.2) is 59.5 Å². The molecule has 0 saturated carbocycles. The third-order valence-corrected chi connectivity index (χ3v) is 5.65. The Hall–Kier alpha value is -1.51. The highest BCUT2D eigenvalue weighted by Gasteiger charge is 2.30. The molecule has 0 amide bonds. The van der Waals surface area contributed by atoms with Gasteiger partial charge in [0.15, 0.2) is 0 Å². The third-order valence-electron chi connectivity index (χ3n) is 3.14. The molecule has 0 aliphatic heterocycles. The predicted molar refractivity (Wildman–Crippen MR) is 89.2 cm³/mol. The molecule has 0 saturated heterocycles. The average molecular weight is 375 g/mol. The molecule has 2 aromatic rings. The molecule has 0 heterocycles. The standard InChI is InChI=1S/C16H16F3NO2S2/c17-16(18,19)14-6-8-15(9-7-14)24(21,22)20-10-11-23-12-13-4-2-1-3-5-13/h1-9,20H,10-12H2. The van der Waals surface area contributed by atoms with Crippen LogP contribution >= 0.6 is 11.8 Å². The summed E-state index contributed by atoms with van der Waals surface area (Å²) in [6.07, 6.45) is -4.48. The van der Waals surface area contributed by atoms with Gasteiger partial charge in [-0.05, 0) is 29.8 Å². The van der Waals surface area contributed by atoms with Crippen LogP contribution in [0.3, 0.4) is 0 Å². The minimum atomic E-state index is -4.48. The lowest BCUT2D eigenvalue weighted by Gasteiger charge is -2.09. The molecule has 2 rings (SSSR count). The number of hydrogen-bond acceptors (Lipinski definition) is 3. The molecule has 130 valence electrons. The lowest BCUT2D eigenvalue weighted by atomic mass is 10.2. The van der Waals surface area contributed by atoms with E-state index in [1.807, 2.05) is 30.3 Å². The van der Waals surface area contributed by atoms with Crippen molar-refractivity contribution in [2.45, 2.75) is 16.8 Å². The first-order valence-corrected chi connectivity index (χ1v) is 9.71. The summed E-state index contributed by atoms with van der Waals surface area (Å²) in [7, 11) is -3.80. The molecule has 0 aromatic heterocycles. The highest BCUT2D eigenvalue weighted by molar-refractivity contribution is 7.98. The minimum Gasteiger partial charge on any atom is -0.210 e. The second kappa shape index (κ2) is 8.04. The van der Waals surface area contributed by atoms with Gasteiger partial charge in [-0.3, -0.25) is 0 Å². The zero-order chi connectivity index (χ0) is 17.6. The van der Waals surface area contributed by atoms with E-state index in [0.717, 1.165) is 35.6 Å². The molecule has 0 aliphatic carbocycles. The predicted octanol–water partition coefficient (Wildman–Crippen LogP) is 3.92. The molecule has 2 aromatic carbocycles. The van der Waals surface area contributed by atoms with E-state index in [1.165, 1.54) is 0 Å². The van der Waals surface area contributed by atoms with Crippen LogP contribution in [0, 0.1) is 0 Å². The quantitative estimate of drug-likeness (QED) is 0.746. The first-order chi connectivity index (χ1) is 11.3.